The van der Waals surface area contributed by atoms with Crippen LogP contribution in [0.3, 0.4) is 0 Å². The summed E-state index contributed by atoms with van der Waals surface area (Å²) in [5.41, 5.74) is 6.06. The van der Waals surface area contributed by atoms with E-state index in [0.29, 0.717) is 16.1 Å². The molecule has 156 valence electrons. The van der Waals surface area contributed by atoms with Crippen LogP contribution in [-0.2, 0) is 22.7 Å². The van der Waals surface area contributed by atoms with Gasteiger partial charge in [0.1, 0.15) is 6.10 Å². The molecular weight excluding hydrogens is 392 g/mol. The largest absolute Gasteiger partial charge is 0.383 e. The second-order valence-electron chi connectivity index (χ2n) is 8.14. The topological polar surface area (TPSA) is 95.7 Å². The lowest BCUT2D eigenvalue weighted by atomic mass is 9.88. The molecule has 1 fully saturated rings. The molecule has 0 unspecified atom stereocenters. The van der Waals surface area contributed by atoms with E-state index in [9.17, 15) is 23.5 Å². The third-order valence-electron chi connectivity index (χ3n) is 4.71. The van der Waals surface area contributed by atoms with Gasteiger partial charge in [0.25, 0.3) is 11.8 Å². The van der Waals surface area contributed by atoms with Crippen molar-refractivity contribution in [1.82, 2.24) is 10.2 Å². The van der Waals surface area contributed by atoms with E-state index in [2.05, 4.69) is 5.32 Å². The number of nitrogens with zero attached hydrogens (tertiary/aromatic N) is 1. The highest BCUT2D eigenvalue weighted by Gasteiger charge is 2.46. The predicted molar refractivity (Wildman–Crippen MR) is 102 cm³/mol. The number of aliphatic hydroxyl groups excluding tert-OH is 1. The maximum atomic E-state index is 13.6. The van der Waals surface area contributed by atoms with Gasteiger partial charge in [0.05, 0.1) is 19.1 Å². The number of alkyl halides is 2. The van der Waals surface area contributed by atoms with Crippen molar-refractivity contribution in [2.45, 2.75) is 58.3 Å². The van der Waals surface area contributed by atoms with Crippen molar-refractivity contribution in [2.24, 2.45) is 11.1 Å². The average Bonchev–Trinajstić information content (AvgIpc) is 2.97. The van der Waals surface area contributed by atoms with Crippen molar-refractivity contribution in [2.75, 3.05) is 6.54 Å². The van der Waals surface area contributed by atoms with E-state index in [-0.39, 0.29) is 13.1 Å². The summed E-state index contributed by atoms with van der Waals surface area (Å²) in [5.74, 6) is -4.69. The van der Waals surface area contributed by atoms with E-state index < -0.39 is 48.3 Å². The zero-order chi connectivity index (χ0) is 21.3. The van der Waals surface area contributed by atoms with Crippen LogP contribution in [0.2, 0.25) is 5.02 Å². The Bertz CT molecular complexity index is 752. The molecule has 1 aliphatic heterocycles. The van der Waals surface area contributed by atoms with Crippen LogP contribution in [0.1, 0.15) is 38.3 Å². The molecule has 1 heterocycles. The molecular formula is C19H26ClF2N3O3. The molecule has 2 rings (SSSR count). The number of amides is 2. The minimum Gasteiger partial charge on any atom is -0.383 e. The van der Waals surface area contributed by atoms with Crippen LogP contribution < -0.4 is 11.1 Å². The smallest absolute Gasteiger partial charge is 0.262 e. The number of carbonyl (C=O) groups is 2. The van der Waals surface area contributed by atoms with Crippen LogP contribution in [0.5, 0.6) is 0 Å². The molecule has 1 aromatic carbocycles. The van der Waals surface area contributed by atoms with Crippen LogP contribution in [0.15, 0.2) is 18.2 Å². The summed E-state index contributed by atoms with van der Waals surface area (Å²) in [6.07, 6.45) is -2.19. The van der Waals surface area contributed by atoms with Crippen LogP contribution in [-0.4, -0.2) is 46.4 Å². The number of benzene rings is 1. The van der Waals surface area contributed by atoms with Gasteiger partial charge in [0, 0.05) is 18.0 Å². The van der Waals surface area contributed by atoms with Crippen LogP contribution >= 0.6 is 11.6 Å². The summed E-state index contributed by atoms with van der Waals surface area (Å²) in [7, 11) is 0. The number of aliphatic hydroxyl groups is 1. The second-order valence-corrected chi connectivity index (χ2v) is 8.58. The third-order valence-corrected chi connectivity index (χ3v) is 4.95. The molecule has 28 heavy (non-hydrogen) atoms. The van der Waals surface area contributed by atoms with Gasteiger partial charge in [-0.3, -0.25) is 19.8 Å². The van der Waals surface area contributed by atoms with E-state index in [1.54, 1.807) is 39.0 Å². The zero-order valence-electron chi connectivity index (χ0n) is 16.1. The minimum absolute atomic E-state index is 0.143. The molecule has 2 amide bonds. The molecule has 1 saturated heterocycles. The average molecular weight is 418 g/mol. The Morgan fingerprint density at radius 3 is 2.54 bits per heavy atom. The van der Waals surface area contributed by atoms with E-state index in [1.807, 2.05) is 0 Å². The zero-order valence-corrected chi connectivity index (χ0v) is 16.9. The van der Waals surface area contributed by atoms with Gasteiger partial charge in [0.15, 0.2) is 0 Å². The fraction of sp³-hybridized carbons (Fsp3) is 0.579. The summed E-state index contributed by atoms with van der Waals surface area (Å²) >= 11 is 6.03. The molecule has 1 aromatic rings. The van der Waals surface area contributed by atoms with Crippen LogP contribution in [0.4, 0.5) is 8.78 Å². The fourth-order valence-electron chi connectivity index (χ4n) is 2.97. The second kappa shape index (κ2) is 8.41. The lowest BCUT2D eigenvalue weighted by Gasteiger charge is -2.32. The SMILES string of the molecule is CC(C)(C)[C@@H](O)C(=O)N(Cc1cc(Cl)ccc1CN)C(=O)[C@@H]1CC(F)(F)CN1. The van der Waals surface area contributed by atoms with Crippen molar-refractivity contribution in [3.05, 3.63) is 34.3 Å². The lowest BCUT2D eigenvalue weighted by molar-refractivity contribution is -0.156. The minimum atomic E-state index is -3.03. The van der Waals surface area contributed by atoms with Crippen molar-refractivity contribution in [3.63, 3.8) is 0 Å². The first-order chi connectivity index (χ1) is 12.9. The standard InChI is InChI=1S/C19H26ClF2N3O3/c1-18(2,3)15(26)17(28)25(16(27)14-7-19(21,22)10-24-14)9-12-6-13(20)5-4-11(12)8-23/h4-6,14-15,24,26H,7-10,23H2,1-3H3/t14-,15-/m0/s1. The number of imide groups is 1. The summed E-state index contributed by atoms with van der Waals surface area (Å²) in [6.45, 7) is 4.21. The number of nitrogens with two attached hydrogens (primary N) is 1. The number of halogens is 3. The lowest BCUT2D eigenvalue weighted by Crippen LogP contribution is -2.52. The third kappa shape index (κ3) is 5.26. The highest BCUT2D eigenvalue weighted by atomic mass is 35.5. The number of rotatable bonds is 5. The molecule has 0 saturated carbocycles. The summed E-state index contributed by atoms with van der Waals surface area (Å²) in [6, 6.07) is 3.65. The fourth-order valence-corrected chi connectivity index (χ4v) is 3.17. The molecule has 2 atom stereocenters. The van der Waals surface area contributed by atoms with Gasteiger partial charge in [-0.05, 0) is 28.7 Å². The molecule has 0 aromatic heterocycles. The van der Waals surface area contributed by atoms with Gasteiger partial charge < -0.3 is 10.8 Å². The van der Waals surface area contributed by atoms with Crippen molar-refractivity contribution in [3.8, 4) is 0 Å². The summed E-state index contributed by atoms with van der Waals surface area (Å²) < 4.78 is 27.1. The van der Waals surface area contributed by atoms with Gasteiger partial charge in [0.2, 0.25) is 5.91 Å². The highest BCUT2D eigenvalue weighted by Crippen LogP contribution is 2.28. The molecule has 0 spiro atoms. The molecule has 0 bridgehead atoms. The first-order valence-corrected chi connectivity index (χ1v) is 9.35. The van der Waals surface area contributed by atoms with Crippen molar-refractivity contribution in [1.29, 1.82) is 0 Å². The monoisotopic (exact) mass is 417 g/mol. The Kier molecular flexibility index (Phi) is 6.81. The van der Waals surface area contributed by atoms with Gasteiger partial charge in [-0.25, -0.2) is 8.78 Å². The van der Waals surface area contributed by atoms with Gasteiger partial charge in [-0.2, -0.15) is 0 Å². The Balaban J connectivity index is 2.38. The maximum Gasteiger partial charge on any atom is 0.262 e. The van der Waals surface area contributed by atoms with Gasteiger partial charge in [-0.1, -0.05) is 38.4 Å². The molecule has 0 aliphatic carbocycles. The van der Waals surface area contributed by atoms with Crippen molar-refractivity contribution >= 4 is 23.4 Å². The normalized spacial score (nSPS) is 20.1. The Morgan fingerprint density at radius 2 is 2.04 bits per heavy atom. The van der Waals surface area contributed by atoms with E-state index in [4.69, 9.17) is 17.3 Å². The highest BCUT2D eigenvalue weighted by molar-refractivity contribution is 6.30. The summed E-state index contributed by atoms with van der Waals surface area (Å²) in [5, 5.41) is 13.3. The molecule has 6 nitrogen and oxygen atoms in total. The van der Waals surface area contributed by atoms with Crippen LogP contribution in [0.25, 0.3) is 0 Å². The number of hydrogen-bond donors (Lipinski definition) is 3. The Hall–Kier alpha value is -1.61. The van der Waals surface area contributed by atoms with Crippen molar-refractivity contribution < 1.29 is 23.5 Å². The first-order valence-electron chi connectivity index (χ1n) is 8.97. The molecule has 0 radical (unpaired) electrons. The predicted octanol–water partition coefficient (Wildman–Crippen LogP) is 2.06. The molecule has 4 N–H and O–H groups in total. The number of nitrogens with one attached hydrogen (secondary N) is 1. The van der Waals surface area contributed by atoms with E-state index >= 15 is 0 Å². The van der Waals surface area contributed by atoms with Gasteiger partial charge >= 0.3 is 0 Å². The van der Waals surface area contributed by atoms with Gasteiger partial charge in [-0.15, -0.1) is 0 Å². The summed E-state index contributed by atoms with van der Waals surface area (Å²) in [4.78, 5) is 26.7. The molecule has 1 aliphatic rings. The quantitative estimate of drug-likeness (QED) is 0.681. The van der Waals surface area contributed by atoms with E-state index in [0.717, 1.165) is 4.90 Å². The maximum absolute atomic E-state index is 13.6. The number of hydrogen-bond acceptors (Lipinski definition) is 5. The van der Waals surface area contributed by atoms with Crippen LogP contribution in [0, 0.1) is 5.41 Å². The Morgan fingerprint density at radius 1 is 1.39 bits per heavy atom. The van der Waals surface area contributed by atoms with E-state index in [1.165, 1.54) is 0 Å². The molecule has 9 heteroatoms. The first kappa shape index (κ1) is 22.7. The Labute approximate surface area is 168 Å². The number of carbonyl (C=O) groups excluding carboxylic acids is 2.